The molecule has 2 rings (SSSR count). The molecule has 0 unspecified atom stereocenters. The van der Waals surface area contributed by atoms with E-state index in [2.05, 4.69) is 0 Å². The maximum atomic E-state index is 13.2. The molecule has 0 N–H and O–H groups in total. The standard InChI is InChI=1S/C21H26FNO4S/c1-15(2)21(24)23(13-17-8-10-19(22)11-9-17)14-18-6-5-7-20(12-18)27-28(25,26)16(3)4/h5-12,15-16H,13-14H2,1-4H3. The van der Waals surface area contributed by atoms with Crippen molar-refractivity contribution in [1.29, 1.82) is 0 Å². The number of carbonyl (C=O) groups is 1. The summed E-state index contributed by atoms with van der Waals surface area (Å²) in [4.78, 5) is 14.3. The molecular weight excluding hydrogens is 381 g/mol. The molecule has 5 nitrogen and oxygen atoms in total. The van der Waals surface area contributed by atoms with Gasteiger partial charge in [-0.25, -0.2) is 4.39 Å². The van der Waals surface area contributed by atoms with Crippen molar-refractivity contribution in [2.45, 2.75) is 46.0 Å². The lowest BCUT2D eigenvalue weighted by molar-refractivity contribution is -0.135. The molecule has 152 valence electrons. The predicted octanol–water partition coefficient (Wildman–Crippen LogP) is 4.13. The van der Waals surface area contributed by atoms with E-state index in [4.69, 9.17) is 4.18 Å². The summed E-state index contributed by atoms with van der Waals surface area (Å²) in [5, 5.41) is -0.659. The van der Waals surface area contributed by atoms with Gasteiger partial charge in [0, 0.05) is 19.0 Å². The largest absolute Gasteiger partial charge is 0.382 e. The normalized spacial score (nSPS) is 11.7. The lowest BCUT2D eigenvalue weighted by atomic mass is 10.1. The first-order chi connectivity index (χ1) is 13.1. The summed E-state index contributed by atoms with van der Waals surface area (Å²) in [6.45, 7) is 7.33. The first-order valence-corrected chi connectivity index (χ1v) is 10.6. The summed E-state index contributed by atoms with van der Waals surface area (Å²) in [6, 6.07) is 12.7. The van der Waals surface area contributed by atoms with E-state index < -0.39 is 15.4 Å². The van der Waals surface area contributed by atoms with Crippen molar-refractivity contribution in [3.63, 3.8) is 0 Å². The molecule has 0 spiro atoms. The van der Waals surface area contributed by atoms with E-state index in [-0.39, 0.29) is 29.9 Å². The Balaban J connectivity index is 2.22. The van der Waals surface area contributed by atoms with Crippen LogP contribution in [0.15, 0.2) is 48.5 Å². The fourth-order valence-electron chi connectivity index (χ4n) is 2.53. The van der Waals surface area contributed by atoms with E-state index >= 15 is 0 Å². The maximum absolute atomic E-state index is 13.2. The predicted molar refractivity (Wildman–Crippen MR) is 107 cm³/mol. The molecule has 0 aliphatic rings. The second-order valence-electron chi connectivity index (χ2n) is 7.25. The van der Waals surface area contributed by atoms with Crippen LogP contribution in [0, 0.1) is 11.7 Å². The number of amides is 1. The molecule has 0 atom stereocenters. The monoisotopic (exact) mass is 407 g/mol. The Labute approximate surface area is 166 Å². The first-order valence-electron chi connectivity index (χ1n) is 9.14. The smallest absolute Gasteiger partial charge is 0.311 e. The fourth-order valence-corrected chi connectivity index (χ4v) is 3.10. The van der Waals surface area contributed by atoms with E-state index in [1.807, 2.05) is 13.8 Å². The van der Waals surface area contributed by atoms with Crippen LogP contribution in [0.5, 0.6) is 5.75 Å². The highest BCUT2D eigenvalue weighted by molar-refractivity contribution is 7.87. The van der Waals surface area contributed by atoms with Crippen molar-refractivity contribution < 1.29 is 21.8 Å². The van der Waals surface area contributed by atoms with Crippen LogP contribution >= 0.6 is 0 Å². The van der Waals surface area contributed by atoms with Crippen molar-refractivity contribution in [2.24, 2.45) is 5.92 Å². The Kier molecular flexibility index (Phi) is 7.18. The average Bonchev–Trinajstić information content (AvgIpc) is 2.62. The molecule has 0 aliphatic heterocycles. The number of carbonyl (C=O) groups excluding carboxylic acids is 1. The molecule has 0 aliphatic carbocycles. The Hall–Kier alpha value is -2.41. The number of benzene rings is 2. The molecule has 7 heteroatoms. The highest BCUT2D eigenvalue weighted by Crippen LogP contribution is 2.20. The van der Waals surface area contributed by atoms with Gasteiger partial charge in [0.1, 0.15) is 11.6 Å². The molecule has 1 amide bonds. The van der Waals surface area contributed by atoms with Crippen molar-refractivity contribution in [1.82, 2.24) is 4.90 Å². The lowest BCUT2D eigenvalue weighted by Gasteiger charge is -2.25. The Bertz CT molecular complexity index is 908. The van der Waals surface area contributed by atoms with Gasteiger partial charge in [0.2, 0.25) is 5.91 Å². The summed E-state index contributed by atoms with van der Waals surface area (Å²) in [5.41, 5.74) is 1.55. The van der Waals surface area contributed by atoms with Crippen LogP contribution in [0.1, 0.15) is 38.8 Å². The van der Waals surface area contributed by atoms with E-state index in [0.717, 1.165) is 11.1 Å². The van der Waals surface area contributed by atoms with Crippen LogP contribution in [0.4, 0.5) is 4.39 Å². The zero-order chi connectivity index (χ0) is 20.9. The van der Waals surface area contributed by atoms with Gasteiger partial charge >= 0.3 is 10.1 Å². The first kappa shape index (κ1) is 21.9. The maximum Gasteiger partial charge on any atom is 0.311 e. The topological polar surface area (TPSA) is 63.7 Å². The van der Waals surface area contributed by atoms with Gasteiger partial charge in [-0.2, -0.15) is 8.42 Å². The molecule has 28 heavy (non-hydrogen) atoms. The van der Waals surface area contributed by atoms with Crippen LogP contribution in [-0.4, -0.2) is 24.5 Å². The number of hydrogen-bond donors (Lipinski definition) is 0. The summed E-state index contributed by atoms with van der Waals surface area (Å²) >= 11 is 0. The minimum atomic E-state index is -3.69. The van der Waals surface area contributed by atoms with Crippen molar-refractivity contribution in [3.8, 4) is 5.75 Å². The van der Waals surface area contributed by atoms with Gasteiger partial charge in [-0.1, -0.05) is 38.1 Å². The summed E-state index contributed by atoms with van der Waals surface area (Å²) in [6.07, 6.45) is 0. The average molecular weight is 408 g/mol. The summed E-state index contributed by atoms with van der Waals surface area (Å²) in [5.74, 6) is -0.377. The SMILES string of the molecule is CC(C)C(=O)N(Cc1ccc(F)cc1)Cc1cccc(OS(=O)(=O)C(C)C)c1. The van der Waals surface area contributed by atoms with Crippen LogP contribution < -0.4 is 4.18 Å². The van der Waals surface area contributed by atoms with Crippen LogP contribution in [0.2, 0.25) is 0 Å². The molecule has 0 aromatic heterocycles. The molecule has 0 fully saturated rings. The summed E-state index contributed by atoms with van der Waals surface area (Å²) in [7, 11) is -3.69. The van der Waals surface area contributed by atoms with Crippen molar-refractivity contribution >= 4 is 16.0 Å². The second-order valence-corrected chi connectivity index (χ2v) is 9.34. The van der Waals surface area contributed by atoms with E-state index in [9.17, 15) is 17.6 Å². The quantitative estimate of drug-likeness (QED) is 0.618. The van der Waals surface area contributed by atoms with Crippen LogP contribution in [0.3, 0.4) is 0 Å². The Morgan fingerprint density at radius 3 is 2.18 bits per heavy atom. The van der Waals surface area contributed by atoms with Crippen LogP contribution in [-0.2, 0) is 28.0 Å². The fraction of sp³-hybridized carbons (Fsp3) is 0.381. The Morgan fingerprint density at radius 2 is 1.61 bits per heavy atom. The van der Waals surface area contributed by atoms with E-state index in [0.29, 0.717) is 6.54 Å². The van der Waals surface area contributed by atoms with Crippen LogP contribution in [0.25, 0.3) is 0 Å². The van der Waals surface area contributed by atoms with Gasteiger partial charge < -0.3 is 9.08 Å². The molecular formula is C21H26FNO4S. The highest BCUT2D eigenvalue weighted by Gasteiger charge is 2.20. The van der Waals surface area contributed by atoms with Crippen molar-refractivity contribution in [3.05, 3.63) is 65.5 Å². The van der Waals surface area contributed by atoms with Gasteiger partial charge in [0.05, 0.1) is 5.25 Å². The van der Waals surface area contributed by atoms with Gasteiger partial charge in [-0.05, 0) is 49.2 Å². The molecule has 0 saturated carbocycles. The minimum Gasteiger partial charge on any atom is -0.382 e. The third-order valence-electron chi connectivity index (χ3n) is 4.15. The number of hydrogen-bond acceptors (Lipinski definition) is 4. The number of halogens is 1. The number of rotatable bonds is 8. The third-order valence-corrected chi connectivity index (χ3v) is 5.73. The summed E-state index contributed by atoms with van der Waals surface area (Å²) < 4.78 is 42.3. The molecule has 2 aromatic rings. The van der Waals surface area contributed by atoms with Gasteiger partial charge in [-0.15, -0.1) is 0 Å². The second kappa shape index (κ2) is 9.19. The zero-order valence-corrected chi connectivity index (χ0v) is 17.4. The van der Waals surface area contributed by atoms with Gasteiger partial charge in [0.25, 0.3) is 0 Å². The Morgan fingerprint density at radius 1 is 1.00 bits per heavy atom. The lowest BCUT2D eigenvalue weighted by Crippen LogP contribution is -2.33. The third kappa shape index (κ3) is 6.05. The highest BCUT2D eigenvalue weighted by atomic mass is 32.2. The number of nitrogens with zero attached hydrogens (tertiary/aromatic N) is 1. The minimum absolute atomic E-state index is 0.0505. The van der Waals surface area contributed by atoms with Gasteiger partial charge in [-0.3, -0.25) is 4.79 Å². The molecule has 0 bridgehead atoms. The molecule has 0 saturated heterocycles. The zero-order valence-electron chi connectivity index (χ0n) is 16.6. The van der Waals surface area contributed by atoms with Gasteiger partial charge in [0.15, 0.2) is 0 Å². The van der Waals surface area contributed by atoms with E-state index in [1.54, 1.807) is 55.1 Å². The molecule has 2 aromatic carbocycles. The van der Waals surface area contributed by atoms with Crippen molar-refractivity contribution in [2.75, 3.05) is 0 Å². The molecule has 0 heterocycles. The van der Waals surface area contributed by atoms with E-state index in [1.165, 1.54) is 12.1 Å². The molecule has 0 radical (unpaired) electrons.